The van der Waals surface area contributed by atoms with E-state index in [9.17, 15) is 9.59 Å². The van der Waals surface area contributed by atoms with E-state index < -0.39 is 11.9 Å². The summed E-state index contributed by atoms with van der Waals surface area (Å²) in [6.45, 7) is 0. The lowest BCUT2D eigenvalue weighted by Crippen LogP contribution is -2.15. The number of para-hydroxylation sites is 2. The minimum atomic E-state index is -0.670. The average Bonchev–Trinajstić information content (AvgIpc) is 3.17. The predicted molar refractivity (Wildman–Crippen MR) is 115 cm³/mol. The standard InChI is InChI=1S/C24H19NO5/c1-28-22(26)14-20(24(27)29-2)25-16-12-10-15(11-13-16)17-7-5-8-19-18-6-3-4-9-21(18)30-23(17)19/h3-14,25H,1-2H3/b20-14+. The van der Waals surface area contributed by atoms with Gasteiger partial charge in [-0.05, 0) is 23.8 Å². The van der Waals surface area contributed by atoms with E-state index in [4.69, 9.17) is 9.15 Å². The Morgan fingerprint density at radius 3 is 2.33 bits per heavy atom. The van der Waals surface area contributed by atoms with Crippen LogP contribution in [-0.4, -0.2) is 26.2 Å². The first-order valence-electron chi connectivity index (χ1n) is 9.26. The van der Waals surface area contributed by atoms with Crippen molar-refractivity contribution in [2.45, 2.75) is 0 Å². The molecule has 0 aliphatic heterocycles. The fraction of sp³-hybridized carbons (Fsp3) is 0.0833. The van der Waals surface area contributed by atoms with Crippen molar-refractivity contribution in [1.82, 2.24) is 0 Å². The molecule has 6 nitrogen and oxygen atoms in total. The number of hydrogen-bond donors (Lipinski definition) is 1. The molecular weight excluding hydrogens is 382 g/mol. The van der Waals surface area contributed by atoms with Crippen molar-refractivity contribution in [3.8, 4) is 11.1 Å². The first-order valence-corrected chi connectivity index (χ1v) is 9.26. The topological polar surface area (TPSA) is 77.8 Å². The van der Waals surface area contributed by atoms with E-state index in [-0.39, 0.29) is 5.70 Å². The second-order valence-corrected chi connectivity index (χ2v) is 6.56. The van der Waals surface area contributed by atoms with Crippen molar-refractivity contribution < 1.29 is 23.5 Å². The van der Waals surface area contributed by atoms with Crippen molar-refractivity contribution in [2.75, 3.05) is 19.5 Å². The molecule has 0 atom stereocenters. The van der Waals surface area contributed by atoms with Crippen LogP contribution in [0.15, 0.2) is 82.9 Å². The average molecular weight is 401 g/mol. The lowest BCUT2D eigenvalue weighted by Gasteiger charge is -2.10. The molecule has 0 unspecified atom stereocenters. The second-order valence-electron chi connectivity index (χ2n) is 6.56. The summed E-state index contributed by atoms with van der Waals surface area (Å²) in [6, 6.07) is 21.4. The van der Waals surface area contributed by atoms with Gasteiger partial charge in [-0.1, -0.05) is 48.5 Å². The Kier molecular flexibility index (Phi) is 5.22. The summed E-state index contributed by atoms with van der Waals surface area (Å²) in [4.78, 5) is 23.4. The number of furan rings is 1. The summed E-state index contributed by atoms with van der Waals surface area (Å²) < 4.78 is 15.4. The van der Waals surface area contributed by atoms with Gasteiger partial charge in [0, 0.05) is 22.0 Å². The first-order chi connectivity index (χ1) is 14.6. The molecule has 3 aromatic carbocycles. The van der Waals surface area contributed by atoms with Crippen LogP contribution in [0, 0.1) is 0 Å². The van der Waals surface area contributed by atoms with Crippen LogP contribution in [-0.2, 0) is 19.1 Å². The Labute approximate surface area is 172 Å². The van der Waals surface area contributed by atoms with Gasteiger partial charge in [0.25, 0.3) is 0 Å². The highest BCUT2D eigenvalue weighted by atomic mass is 16.5. The van der Waals surface area contributed by atoms with Crippen LogP contribution in [0.5, 0.6) is 0 Å². The first kappa shape index (κ1) is 19.3. The maximum absolute atomic E-state index is 11.9. The van der Waals surface area contributed by atoms with Gasteiger partial charge in [-0.2, -0.15) is 0 Å². The molecule has 0 fully saturated rings. The number of ether oxygens (including phenoxy) is 2. The number of methoxy groups -OCH3 is 2. The van der Waals surface area contributed by atoms with E-state index in [1.807, 2.05) is 66.7 Å². The Morgan fingerprint density at radius 1 is 0.867 bits per heavy atom. The van der Waals surface area contributed by atoms with Crippen molar-refractivity contribution in [2.24, 2.45) is 0 Å². The molecule has 0 aliphatic carbocycles. The van der Waals surface area contributed by atoms with E-state index in [1.165, 1.54) is 14.2 Å². The van der Waals surface area contributed by atoms with E-state index in [0.29, 0.717) is 5.69 Å². The molecule has 4 aromatic rings. The second kappa shape index (κ2) is 8.13. The third-order valence-corrected chi connectivity index (χ3v) is 4.75. The van der Waals surface area contributed by atoms with Gasteiger partial charge in [0.1, 0.15) is 16.9 Å². The number of rotatable bonds is 5. The fourth-order valence-electron chi connectivity index (χ4n) is 3.30. The maximum atomic E-state index is 11.9. The molecule has 150 valence electrons. The smallest absolute Gasteiger partial charge is 0.354 e. The highest BCUT2D eigenvalue weighted by molar-refractivity contribution is 6.09. The van der Waals surface area contributed by atoms with Gasteiger partial charge in [0.05, 0.1) is 20.3 Å². The van der Waals surface area contributed by atoms with E-state index in [0.717, 1.165) is 39.1 Å². The maximum Gasteiger partial charge on any atom is 0.354 e. The van der Waals surface area contributed by atoms with Crippen molar-refractivity contribution in [3.63, 3.8) is 0 Å². The zero-order valence-corrected chi connectivity index (χ0v) is 16.5. The molecular formula is C24H19NO5. The van der Waals surface area contributed by atoms with Gasteiger partial charge in [0.15, 0.2) is 0 Å². The quantitative estimate of drug-likeness (QED) is 0.379. The number of anilines is 1. The monoisotopic (exact) mass is 401 g/mol. The summed E-state index contributed by atoms with van der Waals surface area (Å²) in [5, 5.41) is 5.02. The largest absolute Gasteiger partial charge is 0.466 e. The summed E-state index contributed by atoms with van der Waals surface area (Å²) in [5.41, 5.74) is 4.19. The third kappa shape index (κ3) is 3.63. The third-order valence-electron chi connectivity index (χ3n) is 4.75. The summed E-state index contributed by atoms with van der Waals surface area (Å²) >= 11 is 0. The van der Waals surface area contributed by atoms with Crippen LogP contribution in [0.3, 0.4) is 0 Å². The summed E-state index contributed by atoms with van der Waals surface area (Å²) in [5.74, 6) is -1.33. The number of hydrogen-bond acceptors (Lipinski definition) is 6. The number of fused-ring (bicyclic) bond motifs is 3. The molecule has 6 heteroatoms. The molecule has 0 aliphatic rings. The molecule has 0 radical (unpaired) electrons. The van der Waals surface area contributed by atoms with Crippen molar-refractivity contribution >= 4 is 39.6 Å². The van der Waals surface area contributed by atoms with Crippen LogP contribution in [0.2, 0.25) is 0 Å². The Bertz CT molecular complexity index is 1270. The molecule has 0 saturated heterocycles. The molecule has 0 bridgehead atoms. The van der Waals surface area contributed by atoms with Gasteiger partial charge in [0.2, 0.25) is 0 Å². The highest BCUT2D eigenvalue weighted by Gasteiger charge is 2.14. The van der Waals surface area contributed by atoms with Gasteiger partial charge in [-0.15, -0.1) is 0 Å². The molecule has 1 aromatic heterocycles. The fourth-order valence-corrected chi connectivity index (χ4v) is 3.30. The van der Waals surface area contributed by atoms with Crippen molar-refractivity contribution in [3.05, 3.63) is 78.5 Å². The number of nitrogens with one attached hydrogen (secondary N) is 1. The minimum Gasteiger partial charge on any atom is -0.466 e. The molecule has 30 heavy (non-hydrogen) atoms. The predicted octanol–water partition coefficient (Wildman–Crippen LogP) is 4.89. The van der Waals surface area contributed by atoms with Gasteiger partial charge in [-0.3, -0.25) is 0 Å². The van der Waals surface area contributed by atoms with Gasteiger partial charge >= 0.3 is 11.9 Å². The van der Waals surface area contributed by atoms with E-state index in [2.05, 4.69) is 10.1 Å². The van der Waals surface area contributed by atoms with Gasteiger partial charge < -0.3 is 19.2 Å². The number of esters is 2. The Hall–Kier alpha value is -4.06. The van der Waals surface area contributed by atoms with E-state index in [1.54, 1.807) is 0 Å². The Balaban J connectivity index is 1.68. The van der Waals surface area contributed by atoms with Crippen LogP contribution < -0.4 is 5.32 Å². The van der Waals surface area contributed by atoms with Crippen LogP contribution in [0.1, 0.15) is 0 Å². The van der Waals surface area contributed by atoms with Gasteiger partial charge in [-0.25, -0.2) is 9.59 Å². The van der Waals surface area contributed by atoms with Crippen LogP contribution in [0.25, 0.3) is 33.1 Å². The van der Waals surface area contributed by atoms with Crippen LogP contribution >= 0.6 is 0 Å². The normalized spacial score (nSPS) is 11.5. The molecule has 0 spiro atoms. The lowest BCUT2D eigenvalue weighted by molar-refractivity contribution is -0.138. The van der Waals surface area contributed by atoms with Crippen LogP contribution in [0.4, 0.5) is 5.69 Å². The Morgan fingerprint density at radius 2 is 1.60 bits per heavy atom. The molecule has 4 rings (SSSR count). The molecule has 1 N–H and O–H groups in total. The summed E-state index contributed by atoms with van der Waals surface area (Å²) in [6.07, 6.45) is 1.05. The molecule has 1 heterocycles. The molecule has 0 amide bonds. The zero-order valence-electron chi connectivity index (χ0n) is 16.5. The highest BCUT2D eigenvalue weighted by Crippen LogP contribution is 2.35. The van der Waals surface area contributed by atoms with Crippen molar-refractivity contribution in [1.29, 1.82) is 0 Å². The van der Waals surface area contributed by atoms with E-state index >= 15 is 0 Å². The minimum absolute atomic E-state index is 0.0171. The number of benzene rings is 3. The summed E-state index contributed by atoms with van der Waals surface area (Å²) in [7, 11) is 2.48. The lowest BCUT2D eigenvalue weighted by atomic mass is 10.0. The molecule has 0 saturated carbocycles. The number of carbonyl (C=O) groups excluding carboxylic acids is 2. The number of carbonyl (C=O) groups is 2. The zero-order chi connectivity index (χ0) is 21.1. The SMILES string of the molecule is COC(=O)/C=C(/Nc1ccc(-c2cccc3c2oc2ccccc23)cc1)C(=O)OC.